The van der Waals surface area contributed by atoms with Crippen LogP contribution in [0.3, 0.4) is 0 Å². The second-order valence-electron chi connectivity index (χ2n) is 6.73. The first-order valence-corrected chi connectivity index (χ1v) is 8.42. The molecular weight excluding hydrogens is 348 g/mol. The third-order valence-corrected chi connectivity index (χ3v) is 3.85. The number of rotatable bonds is 3. The Hall–Kier alpha value is -2.09. The van der Waals surface area contributed by atoms with Gasteiger partial charge in [0.25, 0.3) is 5.88 Å². The van der Waals surface area contributed by atoms with Gasteiger partial charge in [-0.3, -0.25) is 9.69 Å². The van der Waals surface area contributed by atoms with Crippen LogP contribution < -0.4 is 9.64 Å². The SMILES string of the molecule is COc1nccnc1N(C(=O)Cl)[C@@H]1CCCN(C(=O)OC(C)(C)C)C1. The topological polar surface area (TPSA) is 84.9 Å². The van der Waals surface area contributed by atoms with Crippen molar-refractivity contribution in [3.05, 3.63) is 12.4 Å². The predicted octanol–water partition coefficient (Wildman–Crippen LogP) is 3.05. The fraction of sp³-hybridized carbons (Fsp3) is 0.625. The number of piperidine rings is 1. The number of carbonyl (C=O) groups is 2. The van der Waals surface area contributed by atoms with Gasteiger partial charge in [0, 0.05) is 25.5 Å². The van der Waals surface area contributed by atoms with E-state index in [2.05, 4.69) is 9.97 Å². The van der Waals surface area contributed by atoms with Crippen molar-refractivity contribution < 1.29 is 19.1 Å². The van der Waals surface area contributed by atoms with Crippen molar-refractivity contribution in [3.63, 3.8) is 0 Å². The Morgan fingerprint density at radius 1 is 1.32 bits per heavy atom. The summed E-state index contributed by atoms with van der Waals surface area (Å²) in [4.78, 5) is 35.5. The molecule has 8 nitrogen and oxygen atoms in total. The molecule has 0 aliphatic carbocycles. The van der Waals surface area contributed by atoms with Crippen molar-refractivity contribution in [2.24, 2.45) is 0 Å². The van der Waals surface area contributed by atoms with E-state index in [-0.39, 0.29) is 17.7 Å². The molecule has 1 aromatic rings. The van der Waals surface area contributed by atoms with Crippen molar-refractivity contribution in [3.8, 4) is 5.88 Å². The molecule has 1 saturated heterocycles. The van der Waals surface area contributed by atoms with Gasteiger partial charge in [-0.25, -0.2) is 14.8 Å². The zero-order valence-electron chi connectivity index (χ0n) is 14.9. The van der Waals surface area contributed by atoms with Gasteiger partial charge in [-0.1, -0.05) is 0 Å². The standard InChI is InChI=1S/C16H23ClN4O4/c1-16(2,3)25-15(23)20-9-5-6-11(10-20)21(14(17)22)12-13(24-4)19-8-7-18-12/h7-8,11H,5-6,9-10H2,1-4H3/t11-/m1/s1. The van der Waals surface area contributed by atoms with Gasteiger partial charge < -0.3 is 14.4 Å². The smallest absolute Gasteiger partial charge is 0.410 e. The molecule has 0 aromatic carbocycles. The molecule has 0 radical (unpaired) electrons. The van der Waals surface area contributed by atoms with E-state index >= 15 is 0 Å². The molecular formula is C16H23ClN4O4. The molecule has 0 N–H and O–H groups in total. The summed E-state index contributed by atoms with van der Waals surface area (Å²) in [5.74, 6) is 0.437. The fourth-order valence-corrected chi connectivity index (χ4v) is 2.90. The van der Waals surface area contributed by atoms with E-state index in [1.165, 1.54) is 24.4 Å². The lowest BCUT2D eigenvalue weighted by atomic mass is 10.0. The van der Waals surface area contributed by atoms with Gasteiger partial charge in [-0.2, -0.15) is 0 Å². The van der Waals surface area contributed by atoms with Gasteiger partial charge in [0.1, 0.15) is 5.60 Å². The maximum absolute atomic E-state index is 12.3. The average Bonchev–Trinajstić information content (AvgIpc) is 2.54. The van der Waals surface area contributed by atoms with Crippen molar-refractivity contribution in [2.75, 3.05) is 25.1 Å². The molecule has 1 atom stereocenters. The van der Waals surface area contributed by atoms with Crippen LogP contribution in [0.15, 0.2) is 12.4 Å². The van der Waals surface area contributed by atoms with Crippen LogP contribution in [0.25, 0.3) is 0 Å². The Balaban J connectivity index is 2.21. The van der Waals surface area contributed by atoms with Crippen LogP contribution in [-0.4, -0.2) is 58.2 Å². The highest BCUT2D eigenvalue weighted by Gasteiger charge is 2.35. The van der Waals surface area contributed by atoms with Crippen molar-refractivity contribution in [1.82, 2.24) is 14.9 Å². The van der Waals surface area contributed by atoms with Gasteiger partial charge in [-0.15, -0.1) is 0 Å². The molecule has 0 unspecified atom stereocenters. The third kappa shape index (κ3) is 4.94. The molecule has 1 aliphatic heterocycles. The molecule has 0 bridgehead atoms. The summed E-state index contributed by atoms with van der Waals surface area (Å²) in [7, 11) is 1.44. The molecule has 9 heteroatoms. The largest absolute Gasteiger partial charge is 0.478 e. The van der Waals surface area contributed by atoms with E-state index in [9.17, 15) is 9.59 Å². The molecule has 25 heavy (non-hydrogen) atoms. The highest BCUT2D eigenvalue weighted by molar-refractivity contribution is 6.66. The number of hydrogen-bond acceptors (Lipinski definition) is 6. The van der Waals surface area contributed by atoms with Crippen molar-refractivity contribution in [1.29, 1.82) is 0 Å². The number of methoxy groups -OCH3 is 1. The lowest BCUT2D eigenvalue weighted by molar-refractivity contribution is 0.0200. The predicted molar refractivity (Wildman–Crippen MR) is 93.1 cm³/mol. The zero-order valence-corrected chi connectivity index (χ0v) is 15.6. The highest BCUT2D eigenvalue weighted by atomic mass is 35.5. The number of halogens is 1. The summed E-state index contributed by atoms with van der Waals surface area (Å²) in [6.45, 7) is 6.29. The summed E-state index contributed by atoms with van der Waals surface area (Å²) in [5, 5.41) is -0.699. The molecule has 2 rings (SSSR count). The van der Waals surface area contributed by atoms with Crippen molar-refractivity contribution in [2.45, 2.75) is 45.3 Å². The van der Waals surface area contributed by atoms with Crippen LogP contribution in [0.5, 0.6) is 5.88 Å². The zero-order chi connectivity index (χ0) is 18.6. The summed E-state index contributed by atoms with van der Waals surface area (Å²) in [6.07, 6.45) is 3.90. The first-order valence-electron chi connectivity index (χ1n) is 8.04. The molecule has 138 valence electrons. The van der Waals surface area contributed by atoms with E-state index in [4.69, 9.17) is 21.1 Å². The molecule has 1 aromatic heterocycles. The molecule has 1 fully saturated rings. The van der Waals surface area contributed by atoms with E-state index in [0.717, 1.165) is 0 Å². The number of carbonyl (C=O) groups excluding carboxylic acids is 2. The summed E-state index contributed by atoms with van der Waals surface area (Å²) >= 11 is 5.80. The van der Waals surface area contributed by atoms with E-state index in [0.29, 0.717) is 25.9 Å². The van der Waals surface area contributed by atoms with E-state index in [1.807, 2.05) is 20.8 Å². The van der Waals surface area contributed by atoms with Crippen LogP contribution in [-0.2, 0) is 4.74 Å². The van der Waals surface area contributed by atoms with Gasteiger partial charge in [-0.05, 0) is 45.2 Å². The minimum absolute atomic E-state index is 0.200. The normalized spacial score (nSPS) is 17.8. The molecule has 0 saturated carbocycles. The first kappa shape index (κ1) is 19.2. The fourth-order valence-electron chi connectivity index (χ4n) is 2.68. The Labute approximate surface area is 152 Å². The minimum Gasteiger partial charge on any atom is -0.478 e. The molecule has 0 spiro atoms. The Kier molecular flexibility index (Phi) is 6.05. The number of hydrogen-bond donors (Lipinski definition) is 0. The van der Waals surface area contributed by atoms with Crippen LogP contribution in [0.1, 0.15) is 33.6 Å². The highest BCUT2D eigenvalue weighted by Crippen LogP contribution is 2.29. The van der Waals surface area contributed by atoms with Gasteiger partial charge in [0.15, 0.2) is 5.82 Å². The summed E-state index contributed by atoms with van der Waals surface area (Å²) in [6, 6.07) is -0.336. The van der Waals surface area contributed by atoms with Crippen LogP contribution in [0.2, 0.25) is 0 Å². The Morgan fingerprint density at radius 2 is 2.00 bits per heavy atom. The first-order chi connectivity index (χ1) is 11.7. The Morgan fingerprint density at radius 3 is 2.60 bits per heavy atom. The van der Waals surface area contributed by atoms with E-state index < -0.39 is 17.1 Å². The summed E-state index contributed by atoms with van der Waals surface area (Å²) in [5.41, 5.74) is -0.583. The lowest BCUT2D eigenvalue weighted by Gasteiger charge is -2.38. The number of nitrogens with zero attached hydrogens (tertiary/aromatic N) is 4. The molecule has 1 aliphatic rings. The second-order valence-corrected chi connectivity index (χ2v) is 7.06. The number of ether oxygens (including phenoxy) is 2. The van der Waals surface area contributed by atoms with Crippen LogP contribution in [0.4, 0.5) is 15.4 Å². The van der Waals surface area contributed by atoms with E-state index in [1.54, 1.807) is 4.90 Å². The van der Waals surface area contributed by atoms with Crippen LogP contribution >= 0.6 is 11.6 Å². The third-order valence-electron chi connectivity index (χ3n) is 3.67. The molecule has 2 amide bonds. The Bertz CT molecular complexity index is 635. The number of amides is 2. The van der Waals surface area contributed by atoms with Crippen LogP contribution in [0, 0.1) is 0 Å². The minimum atomic E-state index is -0.699. The summed E-state index contributed by atoms with van der Waals surface area (Å²) < 4.78 is 10.6. The number of anilines is 1. The van der Waals surface area contributed by atoms with Gasteiger partial charge in [0.05, 0.1) is 13.2 Å². The number of likely N-dealkylation sites (tertiary alicyclic amines) is 1. The van der Waals surface area contributed by atoms with Crippen molar-refractivity contribution >= 4 is 28.9 Å². The quantitative estimate of drug-likeness (QED) is 0.600. The molecule has 2 heterocycles. The van der Waals surface area contributed by atoms with Gasteiger partial charge in [0.2, 0.25) is 0 Å². The maximum Gasteiger partial charge on any atom is 0.410 e. The average molecular weight is 371 g/mol. The second kappa shape index (κ2) is 7.86. The monoisotopic (exact) mass is 370 g/mol. The maximum atomic E-state index is 12.3. The number of aromatic nitrogens is 2. The van der Waals surface area contributed by atoms with Gasteiger partial charge >= 0.3 is 11.5 Å². The lowest BCUT2D eigenvalue weighted by Crippen LogP contribution is -2.52.